The smallest absolute Gasteiger partial charge is 0.141 e. The molecular formula is C16H11BrCl2FN. The van der Waals surface area contributed by atoms with E-state index < -0.39 is 5.82 Å². The second-order valence-corrected chi connectivity index (χ2v) is 5.94. The van der Waals surface area contributed by atoms with E-state index in [1.807, 2.05) is 31.2 Å². The lowest BCUT2D eigenvalue weighted by Crippen LogP contribution is -1.89. The number of halogens is 4. The van der Waals surface area contributed by atoms with Crippen molar-refractivity contribution in [3.05, 3.63) is 63.3 Å². The molecule has 21 heavy (non-hydrogen) atoms. The van der Waals surface area contributed by atoms with Crippen molar-refractivity contribution in [3.8, 4) is 11.3 Å². The van der Waals surface area contributed by atoms with Gasteiger partial charge in [-0.15, -0.1) is 12.4 Å². The number of fused-ring (bicyclic) bond motifs is 1. The van der Waals surface area contributed by atoms with E-state index in [0.717, 1.165) is 32.2 Å². The second kappa shape index (κ2) is 6.30. The van der Waals surface area contributed by atoms with Crippen LogP contribution in [-0.4, -0.2) is 4.98 Å². The van der Waals surface area contributed by atoms with Crippen molar-refractivity contribution in [1.82, 2.24) is 4.98 Å². The molecule has 3 rings (SSSR count). The normalized spacial score (nSPS) is 10.5. The van der Waals surface area contributed by atoms with Crippen LogP contribution >= 0.6 is 39.9 Å². The zero-order valence-electron chi connectivity index (χ0n) is 11.0. The van der Waals surface area contributed by atoms with E-state index >= 15 is 0 Å². The minimum atomic E-state index is -0.420. The van der Waals surface area contributed by atoms with Gasteiger partial charge in [0.15, 0.2) is 0 Å². The summed E-state index contributed by atoms with van der Waals surface area (Å²) in [5.74, 6) is -0.420. The molecule has 0 saturated heterocycles. The highest BCUT2D eigenvalue weighted by atomic mass is 79.9. The highest BCUT2D eigenvalue weighted by molar-refractivity contribution is 9.10. The third-order valence-corrected chi connectivity index (χ3v) is 3.98. The lowest BCUT2D eigenvalue weighted by atomic mass is 10.1. The summed E-state index contributed by atoms with van der Waals surface area (Å²) in [4.78, 5) is 4.62. The fourth-order valence-electron chi connectivity index (χ4n) is 2.17. The molecule has 0 spiro atoms. The first-order valence-corrected chi connectivity index (χ1v) is 7.24. The summed E-state index contributed by atoms with van der Waals surface area (Å²) in [6, 6.07) is 12.6. The Labute approximate surface area is 141 Å². The van der Waals surface area contributed by atoms with Gasteiger partial charge in [0.25, 0.3) is 0 Å². The Kier molecular flexibility index (Phi) is 4.87. The molecular weight excluding hydrogens is 376 g/mol. The Morgan fingerprint density at radius 3 is 2.57 bits per heavy atom. The van der Waals surface area contributed by atoms with Crippen LogP contribution in [0.25, 0.3) is 22.2 Å². The first-order chi connectivity index (χ1) is 9.54. The van der Waals surface area contributed by atoms with Crippen molar-refractivity contribution >= 4 is 50.8 Å². The quantitative estimate of drug-likeness (QED) is 0.486. The lowest BCUT2D eigenvalue weighted by molar-refractivity contribution is 0.628. The highest BCUT2D eigenvalue weighted by Gasteiger charge is 2.08. The van der Waals surface area contributed by atoms with E-state index in [-0.39, 0.29) is 17.4 Å². The van der Waals surface area contributed by atoms with Crippen LogP contribution in [0.1, 0.15) is 5.56 Å². The standard InChI is InChI=1S/C16H10BrClFN.ClH/c1-9-6-16(10-2-4-14(19)13(18)7-10)20-15-5-3-11(17)8-12(9)15;/h2-8H,1H3;1H. The van der Waals surface area contributed by atoms with Crippen LogP contribution < -0.4 is 0 Å². The first-order valence-electron chi connectivity index (χ1n) is 6.07. The Balaban J connectivity index is 0.00000161. The zero-order chi connectivity index (χ0) is 14.3. The second-order valence-electron chi connectivity index (χ2n) is 4.61. The summed E-state index contributed by atoms with van der Waals surface area (Å²) in [7, 11) is 0. The lowest BCUT2D eigenvalue weighted by Gasteiger charge is -2.08. The molecule has 2 aromatic carbocycles. The third-order valence-electron chi connectivity index (χ3n) is 3.19. The molecule has 1 heterocycles. The van der Waals surface area contributed by atoms with E-state index in [2.05, 4.69) is 20.9 Å². The van der Waals surface area contributed by atoms with Gasteiger partial charge in [0, 0.05) is 15.4 Å². The van der Waals surface area contributed by atoms with Crippen LogP contribution in [0.4, 0.5) is 4.39 Å². The van der Waals surface area contributed by atoms with Gasteiger partial charge in [-0.05, 0) is 55.0 Å². The molecule has 0 bridgehead atoms. The number of rotatable bonds is 1. The third kappa shape index (κ3) is 3.20. The van der Waals surface area contributed by atoms with Crippen LogP contribution in [0.5, 0.6) is 0 Å². The summed E-state index contributed by atoms with van der Waals surface area (Å²) >= 11 is 9.29. The molecule has 0 aliphatic rings. The topological polar surface area (TPSA) is 12.9 Å². The van der Waals surface area contributed by atoms with Gasteiger partial charge in [0.05, 0.1) is 16.2 Å². The molecule has 0 saturated carbocycles. The van der Waals surface area contributed by atoms with Gasteiger partial charge >= 0.3 is 0 Å². The predicted octanol–water partition coefficient (Wildman–Crippen LogP) is 6.19. The minimum absolute atomic E-state index is 0. The van der Waals surface area contributed by atoms with Crippen LogP contribution in [0, 0.1) is 12.7 Å². The van der Waals surface area contributed by atoms with Gasteiger partial charge in [-0.1, -0.05) is 27.5 Å². The van der Waals surface area contributed by atoms with Gasteiger partial charge in [-0.3, -0.25) is 0 Å². The average molecular weight is 387 g/mol. The minimum Gasteiger partial charge on any atom is -0.248 e. The molecule has 0 unspecified atom stereocenters. The van der Waals surface area contributed by atoms with E-state index in [1.54, 1.807) is 12.1 Å². The maximum atomic E-state index is 13.2. The van der Waals surface area contributed by atoms with Crippen molar-refractivity contribution in [2.45, 2.75) is 6.92 Å². The molecule has 0 N–H and O–H groups in total. The number of aryl methyl sites for hydroxylation is 1. The summed E-state index contributed by atoms with van der Waals surface area (Å²) in [6.45, 7) is 2.03. The average Bonchev–Trinajstić information content (AvgIpc) is 2.42. The Hall–Kier alpha value is -1.16. The molecule has 0 fully saturated rings. The SMILES string of the molecule is Cc1cc(-c2ccc(F)c(Cl)c2)nc2ccc(Br)cc12.Cl. The van der Waals surface area contributed by atoms with Gasteiger partial charge in [0.2, 0.25) is 0 Å². The fraction of sp³-hybridized carbons (Fsp3) is 0.0625. The van der Waals surface area contributed by atoms with Crippen LogP contribution in [0.15, 0.2) is 46.9 Å². The predicted molar refractivity (Wildman–Crippen MR) is 91.8 cm³/mol. The van der Waals surface area contributed by atoms with Gasteiger partial charge in [-0.2, -0.15) is 0 Å². The van der Waals surface area contributed by atoms with Crippen molar-refractivity contribution in [1.29, 1.82) is 0 Å². The zero-order valence-corrected chi connectivity index (χ0v) is 14.2. The number of pyridine rings is 1. The molecule has 3 aromatic rings. The Morgan fingerprint density at radius 1 is 1.10 bits per heavy atom. The molecule has 5 heteroatoms. The molecule has 0 amide bonds. The Bertz CT molecular complexity index is 821. The molecule has 1 aromatic heterocycles. The Morgan fingerprint density at radius 2 is 1.86 bits per heavy atom. The maximum absolute atomic E-state index is 13.2. The van der Waals surface area contributed by atoms with Crippen molar-refractivity contribution in [3.63, 3.8) is 0 Å². The molecule has 0 aliphatic carbocycles. The van der Waals surface area contributed by atoms with E-state index in [0.29, 0.717) is 0 Å². The van der Waals surface area contributed by atoms with Crippen LogP contribution in [-0.2, 0) is 0 Å². The number of benzene rings is 2. The summed E-state index contributed by atoms with van der Waals surface area (Å²) in [5, 5.41) is 1.20. The van der Waals surface area contributed by atoms with E-state index in [4.69, 9.17) is 11.6 Å². The summed E-state index contributed by atoms with van der Waals surface area (Å²) < 4.78 is 14.3. The summed E-state index contributed by atoms with van der Waals surface area (Å²) in [5.41, 5.74) is 3.62. The van der Waals surface area contributed by atoms with Crippen molar-refractivity contribution in [2.24, 2.45) is 0 Å². The highest BCUT2D eigenvalue weighted by Crippen LogP contribution is 2.28. The first kappa shape index (κ1) is 16.2. The number of hydrogen-bond acceptors (Lipinski definition) is 1. The van der Waals surface area contributed by atoms with E-state index in [1.165, 1.54) is 6.07 Å². The van der Waals surface area contributed by atoms with E-state index in [9.17, 15) is 4.39 Å². The maximum Gasteiger partial charge on any atom is 0.141 e. The number of hydrogen-bond donors (Lipinski definition) is 0. The number of aromatic nitrogens is 1. The van der Waals surface area contributed by atoms with Gasteiger partial charge in [0.1, 0.15) is 5.82 Å². The van der Waals surface area contributed by atoms with Crippen molar-refractivity contribution < 1.29 is 4.39 Å². The van der Waals surface area contributed by atoms with Crippen LogP contribution in [0.3, 0.4) is 0 Å². The monoisotopic (exact) mass is 385 g/mol. The number of nitrogens with zero attached hydrogens (tertiary/aromatic N) is 1. The molecule has 0 aliphatic heterocycles. The van der Waals surface area contributed by atoms with Crippen molar-refractivity contribution in [2.75, 3.05) is 0 Å². The molecule has 0 atom stereocenters. The molecule has 1 nitrogen and oxygen atoms in total. The fourth-order valence-corrected chi connectivity index (χ4v) is 2.71. The van der Waals surface area contributed by atoms with Crippen LogP contribution in [0.2, 0.25) is 5.02 Å². The molecule has 108 valence electrons. The summed E-state index contributed by atoms with van der Waals surface area (Å²) in [6.07, 6.45) is 0. The molecule has 0 radical (unpaired) electrons. The van der Waals surface area contributed by atoms with Gasteiger partial charge < -0.3 is 0 Å². The largest absolute Gasteiger partial charge is 0.248 e. The van der Waals surface area contributed by atoms with Gasteiger partial charge in [-0.25, -0.2) is 9.37 Å².